The maximum atomic E-state index is 9.04. The molecule has 3 rings (SSSR count). The molecular formula is C15H19N3O. The minimum atomic E-state index is 0.284. The van der Waals surface area contributed by atoms with Gasteiger partial charge in [-0.25, -0.2) is 0 Å². The van der Waals surface area contributed by atoms with Crippen molar-refractivity contribution in [2.75, 3.05) is 30.3 Å². The van der Waals surface area contributed by atoms with Crippen molar-refractivity contribution in [2.24, 2.45) is 5.92 Å². The van der Waals surface area contributed by atoms with Gasteiger partial charge in [0.05, 0.1) is 5.52 Å². The Bertz CT molecular complexity index is 585. The van der Waals surface area contributed by atoms with Gasteiger partial charge in [-0.1, -0.05) is 0 Å². The minimum absolute atomic E-state index is 0.284. The molecule has 100 valence electrons. The quantitative estimate of drug-likeness (QED) is 0.826. The summed E-state index contributed by atoms with van der Waals surface area (Å²) < 4.78 is 0. The summed E-state index contributed by atoms with van der Waals surface area (Å²) in [6, 6.07) is 7.96. The Morgan fingerprint density at radius 2 is 2.26 bits per heavy atom. The highest BCUT2D eigenvalue weighted by Gasteiger charge is 2.23. The van der Waals surface area contributed by atoms with Gasteiger partial charge in [-0.3, -0.25) is 4.98 Å². The Morgan fingerprint density at radius 3 is 3.11 bits per heavy atom. The number of rotatable bonds is 3. The predicted molar refractivity (Wildman–Crippen MR) is 78.2 cm³/mol. The summed E-state index contributed by atoms with van der Waals surface area (Å²) in [6.07, 6.45) is 3.89. The smallest absolute Gasteiger partial charge is 0.0743 e. The SMILES string of the molecule is Nc1ccc2c(N3CCC(CCO)C3)ccnc2c1. The molecule has 19 heavy (non-hydrogen) atoms. The molecular weight excluding hydrogens is 238 g/mol. The second-order valence-electron chi connectivity index (χ2n) is 5.22. The Balaban J connectivity index is 1.93. The first-order chi connectivity index (χ1) is 9.28. The van der Waals surface area contributed by atoms with Crippen molar-refractivity contribution in [3.8, 4) is 0 Å². The van der Waals surface area contributed by atoms with Crippen LogP contribution in [0.3, 0.4) is 0 Å². The molecule has 1 aliphatic heterocycles. The topological polar surface area (TPSA) is 62.4 Å². The molecule has 1 aromatic carbocycles. The Labute approximate surface area is 112 Å². The van der Waals surface area contributed by atoms with E-state index in [-0.39, 0.29) is 6.61 Å². The van der Waals surface area contributed by atoms with Crippen molar-refractivity contribution in [3.05, 3.63) is 30.5 Å². The highest BCUT2D eigenvalue weighted by Crippen LogP contribution is 2.31. The van der Waals surface area contributed by atoms with Crippen LogP contribution in [0.5, 0.6) is 0 Å². The molecule has 1 unspecified atom stereocenters. The number of nitrogen functional groups attached to an aromatic ring is 1. The molecule has 4 nitrogen and oxygen atoms in total. The molecule has 0 spiro atoms. The zero-order valence-electron chi connectivity index (χ0n) is 10.9. The first kappa shape index (κ1) is 12.2. The standard InChI is InChI=1S/C15H19N3O/c16-12-1-2-13-14(9-12)17-6-3-15(13)18-7-4-11(10-18)5-8-19/h1-3,6,9,11,19H,4-5,7-8,10,16H2. The normalized spacial score (nSPS) is 19.2. The molecule has 0 radical (unpaired) electrons. The van der Waals surface area contributed by atoms with E-state index < -0.39 is 0 Å². The monoisotopic (exact) mass is 257 g/mol. The number of aliphatic hydroxyl groups excluding tert-OH is 1. The molecule has 2 aromatic rings. The molecule has 4 heteroatoms. The van der Waals surface area contributed by atoms with Gasteiger partial charge in [0.2, 0.25) is 0 Å². The third kappa shape index (κ3) is 2.36. The minimum Gasteiger partial charge on any atom is -0.399 e. The van der Waals surface area contributed by atoms with Crippen LogP contribution in [0.2, 0.25) is 0 Å². The van der Waals surface area contributed by atoms with Crippen LogP contribution in [0.25, 0.3) is 10.9 Å². The van der Waals surface area contributed by atoms with Crippen LogP contribution in [0, 0.1) is 5.92 Å². The van der Waals surface area contributed by atoms with E-state index in [9.17, 15) is 0 Å². The zero-order chi connectivity index (χ0) is 13.2. The molecule has 1 atom stereocenters. The highest BCUT2D eigenvalue weighted by molar-refractivity contribution is 5.93. The number of nitrogens with zero attached hydrogens (tertiary/aromatic N) is 2. The molecule has 1 aliphatic rings. The number of nitrogens with two attached hydrogens (primary N) is 1. The predicted octanol–water partition coefficient (Wildman–Crippen LogP) is 2.03. The van der Waals surface area contributed by atoms with Gasteiger partial charge in [0.1, 0.15) is 0 Å². The fourth-order valence-electron chi connectivity index (χ4n) is 2.90. The summed E-state index contributed by atoms with van der Waals surface area (Å²) in [6.45, 7) is 2.35. The van der Waals surface area contributed by atoms with E-state index in [1.165, 1.54) is 5.69 Å². The lowest BCUT2D eigenvalue weighted by atomic mass is 10.1. The van der Waals surface area contributed by atoms with Crippen LogP contribution in [0.15, 0.2) is 30.5 Å². The summed E-state index contributed by atoms with van der Waals surface area (Å²) >= 11 is 0. The lowest BCUT2D eigenvalue weighted by molar-refractivity contribution is 0.263. The van der Waals surface area contributed by atoms with Crippen LogP contribution >= 0.6 is 0 Å². The van der Waals surface area contributed by atoms with Crippen molar-refractivity contribution in [1.82, 2.24) is 4.98 Å². The number of hydrogen-bond acceptors (Lipinski definition) is 4. The first-order valence-electron chi connectivity index (χ1n) is 6.78. The second-order valence-corrected chi connectivity index (χ2v) is 5.22. The molecule has 0 bridgehead atoms. The molecule has 2 heterocycles. The Hall–Kier alpha value is -1.81. The number of anilines is 2. The fraction of sp³-hybridized carbons (Fsp3) is 0.400. The van der Waals surface area contributed by atoms with Crippen LogP contribution < -0.4 is 10.6 Å². The summed E-state index contributed by atoms with van der Waals surface area (Å²) in [5.41, 5.74) is 8.73. The van der Waals surface area contributed by atoms with Gasteiger partial charge in [0.25, 0.3) is 0 Å². The van der Waals surface area contributed by atoms with Crippen LogP contribution in [-0.2, 0) is 0 Å². The Kier molecular flexibility index (Phi) is 3.25. The third-order valence-corrected chi connectivity index (χ3v) is 3.91. The second kappa shape index (κ2) is 5.05. The van der Waals surface area contributed by atoms with E-state index in [0.717, 1.165) is 42.5 Å². The molecule has 1 fully saturated rings. The summed E-state index contributed by atoms with van der Waals surface area (Å²) in [5.74, 6) is 0.599. The van der Waals surface area contributed by atoms with E-state index in [0.29, 0.717) is 5.92 Å². The lowest BCUT2D eigenvalue weighted by Gasteiger charge is -2.20. The number of benzene rings is 1. The van der Waals surface area contributed by atoms with Gasteiger partial charge in [0, 0.05) is 42.7 Å². The average molecular weight is 257 g/mol. The maximum absolute atomic E-state index is 9.04. The van der Waals surface area contributed by atoms with Crippen molar-refractivity contribution in [3.63, 3.8) is 0 Å². The van der Waals surface area contributed by atoms with Gasteiger partial charge < -0.3 is 15.7 Å². The summed E-state index contributed by atoms with van der Waals surface area (Å²) in [5, 5.41) is 10.2. The van der Waals surface area contributed by atoms with Crippen molar-refractivity contribution in [1.29, 1.82) is 0 Å². The van der Waals surface area contributed by atoms with Gasteiger partial charge >= 0.3 is 0 Å². The van der Waals surface area contributed by atoms with Crippen molar-refractivity contribution in [2.45, 2.75) is 12.8 Å². The van der Waals surface area contributed by atoms with E-state index in [1.54, 1.807) is 0 Å². The summed E-state index contributed by atoms with van der Waals surface area (Å²) in [4.78, 5) is 6.77. The van der Waals surface area contributed by atoms with Crippen LogP contribution in [0.1, 0.15) is 12.8 Å². The number of aromatic nitrogens is 1. The van der Waals surface area contributed by atoms with Crippen molar-refractivity contribution >= 4 is 22.3 Å². The Morgan fingerprint density at radius 1 is 1.37 bits per heavy atom. The third-order valence-electron chi connectivity index (χ3n) is 3.91. The van der Waals surface area contributed by atoms with E-state index in [2.05, 4.69) is 16.0 Å². The van der Waals surface area contributed by atoms with E-state index in [4.69, 9.17) is 10.8 Å². The average Bonchev–Trinajstić information content (AvgIpc) is 2.86. The van der Waals surface area contributed by atoms with E-state index in [1.807, 2.05) is 24.4 Å². The van der Waals surface area contributed by atoms with Gasteiger partial charge in [-0.15, -0.1) is 0 Å². The summed E-state index contributed by atoms with van der Waals surface area (Å²) in [7, 11) is 0. The number of aliphatic hydroxyl groups is 1. The van der Waals surface area contributed by atoms with Gasteiger partial charge in [-0.05, 0) is 43.0 Å². The first-order valence-corrected chi connectivity index (χ1v) is 6.78. The van der Waals surface area contributed by atoms with Crippen molar-refractivity contribution < 1.29 is 5.11 Å². The molecule has 0 aliphatic carbocycles. The molecule has 1 aromatic heterocycles. The van der Waals surface area contributed by atoms with Crippen LogP contribution in [-0.4, -0.2) is 29.8 Å². The largest absolute Gasteiger partial charge is 0.399 e. The fourth-order valence-corrected chi connectivity index (χ4v) is 2.90. The van der Waals surface area contributed by atoms with E-state index >= 15 is 0 Å². The van der Waals surface area contributed by atoms with Gasteiger partial charge in [-0.2, -0.15) is 0 Å². The highest BCUT2D eigenvalue weighted by atomic mass is 16.3. The molecule has 0 saturated carbocycles. The maximum Gasteiger partial charge on any atom is 0.0743 e. The molecule has 3 N–H and O–H groups in total. The number of hydrogen-bond donors (Lipinski definition) is 2. The number of fused-ring (bicyclic) bond motifs is 1. The van der Waals surface area contributed by atoms with Gasteiger partial charge in [0.15, 0.2) is 0 Å². The molecule has 1 saturated heterocycles. The zero-order valence-corrected chi connectivity index (χ0v) is 10.9. The molecule has 0 amide bonds. The number of pyridine rings is 1. The lowest BCUT2D eigenvalue weighted by Crippen LogP contribution is -2.20. The van der Waals surface area contributed by atoms with Crippen LogP contribution in [0.4, 0.5) is 11.4 Å².